The van der Waals surface area contributed by atoms with Gasteiger partial charge >= 0.3 is 0 Å². The molecule has 0 saturated heterocycles. The molecule has 0 saturated carbocycles. The number of rotatable bonds is 4. The van der Waals surface area contributed by atoms with Crippen molar-refractivity contribution in [1.82, 2.24) is 4.98 Å². The Morgan fingerprint density at radius 3 is 2.73 bits per heavy atom. The van der Waals surface area contributed by atoms with Crippen molar-refractivity contribution in [2.75, 3.05) is 11.1 Å². The minimum atomic E-state index is -0.0892. The number of thioether (sulfide) groups is 1. The maximum absolute atomic E-state index is 12.3. The highest BCUT2D eigenvalue weighted by Crippen LogP contribution is 2.25. The highest BCUT2D eigenvalue weighted by atomic mass is 32.2. The Morgan fingerprint density at radius 2 is 2.00 bits per heavy atom. The molecule has 0 atom stereocenters. The van der Waals surface area contributed by atoms with Gasteiger partial charge in [0.2, 0.25) is 0 Å². The van der Waals surface area contributed by atoms with E-state index in [1.165, 1.54) is 4.90 Å². The lowest BCUT2D eigenvalue weighted by Gasteiger charge is -2.06. The molecule has 0 radical (unpaired) electrons. The smallest absolute Gasteiger partial charge is 0.255 e. The predicted molar refractivity (Wildman–Crippen MR) is 95.2 cm³/mol. The monoisotopic (exact) mass is 328 g/mol. The molecule has 1 heterocycles. The summed E-state index contributed by atoms with van der Waals surface area (Å²) in [5.41, 5.74) is 2.44. The molecule has 0 bridgehead atoms. The van der Waals surface area contributed by atoms with E-state index in [1.807, 2.05) is 49.4 Å². The molecule has 3 aromatic rings. The third-order valence-corrected chi connectivity index (χ3v) is 5.01. The maximum Gasteiger partial charge on any atom is 0.255 e. The van der Waals surface area contributed by atoms with Gasteiger partial charge in [-0.15, -0.1) is 23.1 Å². The number of thiazole rings is 1. The Bertz CT molecular complexity index is 809. The Balaban J connectivity index is 1.76. The second-order valence-corrected chi connectivity index (χ2v) is 7.40. The van der Waals surface area contributed by atoms with Crippen LogP contribution in [0, 0.1) is 6.92 Å². The van der Waals surface area contributed by atoms with Crippen LogP contribution in [0.2, 0.25) is 0 Å². The van der Waals surface area contributed by atoms with E-state index in [2.05, 4.69) is 17.2 Å². The van der Waals surface area contributed by atoms with Gasteiger partial charge in [0, 0.05) is 16.1 Å². The van der Waals surface area contributed by atoms with Crippen LogP contribution in [0.5, 0.6) is 0 Å². The van der Waals surface area contributed by atoms with Gasteiger partial charge in [-0.1, -0.05) is 6.92 Å². The summed E-state index contributed by atoms with van der Waals surface area (Å²) in [6, 6.07) is 13.5. The molecule has 0 aliphatic rings. The Hall–Kier alpha value is -1.85. The van der Waals surface area contributed by atoms with Crippen molar-refractivity contribution in [1.29, 1.82) is 0 Å². The van der Waals surface area contributed by atoms with Crippen molar-refractivity contribution in [3.05, 3.63) is 53.0 Å². The van der Waals surface area contributed by atoms with Gasteiger partial charge in [-0.25, -0.2) is 4.98 Å². The zero-order valence-electron chi connectivity index (χ0n) is 12.4. The number of anilines is 1. The molecular weight excluding hydrogens is 312 g/mol. The SMILES string of the molecule is CCSc1ccc(C(=O)Nc2ccc3nc(C)sc3c2)cc1. The van der Waals surface area contributed by atoms with Crippen LogP contribution in [-0.4, -0.2) is 16.6 Å². The van der Waals surface area contributed by atoms with Crippen LogP contribution in [0.1, 0.15) is 22.3 Å². The number of fused-ring (bicyclic) bond motifs is 1. The molecule has 3 nitrogen and oxygen atoms in total. The molecule has 3 rings (SSSR count). The Labute approximate surface area is 137 Å². The molecule has 0 spiro atoms. The average molecular weight is 328 g/mol. The van der Waals surface area contributed by atoms with E-state index in [1.54, 1.807) is 23.1 Å². The van der Waals surface area contributed by atoms with E-state index in [0.29, 0.717) is 5.56 Å². The first kappa shape index (κ1) is 15.1. The first-order valence-electron chi connectivity index (χ1n) is 7.07. The number of benzene rings is 2. The highest BCUT2D eigenvalue weighted by molar-refractivity contribution is 7.99. The summed E-state index contributed by atoms with van der Waals surface area (Å²) < 4.78 is 1.09. The molecule has 1 N–H and O–H groups in total. The minimum Gasteiger partial charge on any atom is -0.322 e. The fourth-order valence-electron chi connectivity index (χ4n) is 2.19. The summed E-state index contributed by atoms with van der Waals surface area (Å²) in [7, 11) is 0. The molecule has 5 heteroatoms. The molecule has 22 heavy (non-hydrogen) atoms. The quantitative estimate of drug-likeness (QED) is 0.688. The summed E-state index contributed by atoms with van der Waals surface area (Å²) >= 11 is 3.40. The van der Waals surface area contributed by atoms with Gasteiger partial charge < -0.3 is 5.32 Å². The number of hydrogen-bond acceptors (Lipinski definition) is 4. The second-order valence-electron chi connectivity index (χ2n) is 4.83. The maximum atomic E-state index is 12.3. The number of aromatic nitrogens is 1. The van der Waals surface area contributed by atoms with Crippen molar-refractivity contribution < 1.29 is 4.79 Å². The third kappa shape index (κ3) is 3.31. The summed E-state index contributed by atoms with van der Waals surface area (Å²) in [5, 5.41) is 3.97. The van der Waals surface area contributed by atoms with Crippen LogP contribution in [0.25, 0.3) is 10.2 Å². The van der Waals surface area contributed by atoms with Gasteiger partial charge in [-0.05, 0) is 55.1 Å². The van der Waals surface area contributed by atoms with Crippen LogP contribution in [0.15, 0.2) is 47.4 Å². The zero-order valence-corrected chi connectivity index (χ0v) is 14.1. The molecule has 0 aliphatic heterocycles. The number of amides is 1. The van der Waals surface area contributed by atoms with Crippen LogP contribution < -0.4 is 5.32 Å². The predicted octanol–water partition coefficient (Wildman–Crippen LogP) is 4.97. The fraction of sp³-hybridized carbons (Fsp3) is 0.176. The van der Waals surface area contributed by atoms with Gasteiger partial charge in [0.1, 0.15) is 0 Å². The van der Waals surface area contributed by atoms with Crippen molar-refractivity contribution in [2.24, 2.45) is 0 Å². The molecule has 1 amide bonds. The largest absolute Gasteiger partial charge is 0.322 e. The minimum absolute atomic E-state index is 0.0892. The Morgan fingerprint density at radius 1 is 1.23 bits per heavy atom. The summed E-state index contributed by atoms with van der Waals surface area (Å²) in [5.74, 6) is 0.938. The first-order valence-corrected chi connectivity index (χ1v) is 8.87. The average Bonchev–Trinajstić information content (AvgIpc) is 2.87. The molecular formula is C17H16N2OS2. The van der Waals surface area contributed by atoms with Crippen molar-refractivity contribution in [3.8, 4) is 0 Å². The number of carbonyl (C=O) groups excluding carboxylic acids is 1. The van der Waals surface area contributed by atoms with Crippen molar-refractivity contribution in [2.45, 2.75) is 18.7 Å². The van der Waals surface area contributed by atoms with Crippen LogP contribution in [0.3, 0.4) is 0 Å². The lowest BCUT2D eigenvalue weighted by atomic mass is 10.2. The second kappa shape index (κ2) is 6.50. The third-order valence-electron chi connectivity index (χ3n) is 3.18. The molecule has 0 unspecified atom stereocenters. The fourth-order valence-corrected chi connectivity index (χ4v) is 3.72. The normalized spacial score (nSPS) is 10.8. The molecule has 112 valence electrons. The molecule has 2 aromatic carbocycles. The lowest BCUT2D eigenvalue weighted by Crippen LogP contribution is -2.11. The highest BCUT2D eigenvalue weighted by Gasteiger charge is 2.08. The summed E-state index contributed by atoms with van der Waals surface area (Å²) in [6.45, 7) is 4.10. The molecule has 1 aromatic heterocycles. The van der Waals surface area contributed by atoms with E-state index in [9.17, 15) is 4.79 Å². The molecule has 0 aliphatic carbocycles. The number of aryl methyl sites for hydroxylation is 1. The topological polar surface area (TPSA) is 42.0 Å². The van der Waals surface area contributed by atoms with Gasteiger partial charge in [-0.2, -0.15) is 0 Å². The molecule has 0 fully saturated rings. The van der Waals surface area contributed by atoms with E-state index < -0.39 is 0 Å². The van der Waals surface area contributed by atoms with Crippen LogP contribution in [-0.2, 0) is 0 Å². The van der Waals surface area contributed by atoms with Crippen LogP contribution in [0.4, 0.5) is 5.69 Å². The first-order chi connectivity index (χ1) is 10.7. The van der Waals surface area contributed by atoms with E-state index in [4.69, 9.17) is 0 Å². The number of nitrogens with zero attached hydrogens (tertiary/aromatic N) is 1. The van der Waals surface area contributed by atoms with Gasteiger partial charge in [0.25, 0.3) is 5.91 Å². The summed E-state index contributed by atoms with van der Waals surface area (Å²) in [4.78, 5) is 17.9. The van der Waals surface area contributed by atoms with E-state index in [0.717, 1.165) is 26.7 Å². The zero-order chi connectivity index (χ0) is 15.5. The van der Waals surface area contributed by atoms with E-state index in [-0.39, 0.29) is 5.91 Å². The summed E-state index contributed by atoms with van der Waals surface area (Å²) in [6.07, 6.45) is 0. The number of nitrogens with one attached hydrogen (secondary N) is 1. The van der Waals surface area contributed by atoms with Crippen LogP contribution >= 0.6 is 23.1 Å². The van der Waals surface area contributed by atoms with Crippen molar-refractivity contribution in [3.63, 3.8) is 0 Å². The van der Waals surface area contributed by atoms with Gasteiger partial charge in [-0.3, -0.25) is 4.79 Å². The van der Waals surface area contributed by atoms with Gasteiger partial charge in [0.05, 0.1) is 15.2 Å². The number of carbonyl (C=O) groups is 1. The standard InChI is InChI=1S/C17H16N2OS2/c1-3-21-14-7-4-12(5-8-14)17(20)19-13-6-9-15-16(10-13)22-11(2)18-15/h4-10H,3H2,1-2H3,(H,19,20). The van der Waals surface area contributed by atoms with Crippen molar-refractivity contribution >= 4 is 44.9 Å². The van der Waals surface area contributed by atoms with Gasteiger partial charge in [0.15, 0.2) is 0 Å². The Kier molecular flexibility index (Phi) is 4.45. The lowest BCUT2D eigenvalue weighted by molar-refractivity contribution is 0.102. The number of hydrogen-bond donors (Lipinski definition) is 1. The van der Waals surface area contributed by atoms with E-state index >= 15 is 0 Å².